The minimum atomic E-state index is -0.620. The average Bonchev–Trinajstić information content (AvgIpc) is 3.02. The lowest BCUT2D eigenvalue weighted by atomic mass is 10.1. The van der Waals surface area contributed by atoms with Crippen LogP contribution in [0.2, 0.25) is 0 Å². The molecule has 3 aromatic rings. The van der Waals surface area contributed by atoms with Crippen molar-refractivity contribution in [3.05, 3.63) is 79.0 Å². The standard InChI is InChI=1S/C24H23FN2O5S/c1-4-32-23(29)13-22-27(14-21(28)26-18-7-5-6-17(25)12-18)24(30)20(33-22)11-16-8-9-19(31-3)15(2)10-16/h5-13H,4,14H2,1-3H3,(H,26,28)/b20-11-,22-13-. The summed E-state index contributed by atoms with van der Waals surface area (Å²) < 4.78 is 25.4. The van der Waals surface area contributed by atoms with Crippen LogP contribution in [-0.2, 0) is 20.9 Å². The van der Waals surface area contributed by atoms with Crippen molar-refractivity contribution in [2.75, 3.05) is 19.0 Å². The highest BCUT2D eigenvalue weighted by molar-refractivity contribution is 7.07. The number of ether oxygens (including phenoxy) is 2. The zero-order valence-corrected chi connectivity index (χ0v) is 19.2. The normalized spacial score (nSPS) is 12.0. The minimum Gasteiger partial charge on any atom is -0.496 e. The number of aryl methyl sites for hydroxylation is 1. The predicted octanol–water partition coefficient (Wildman–Crippen LogP) is 2.18. The Morgan fingerprint density at radius 3 is 2.67 bits per heavy atom. The molecule has 0 saturated carbocycles. The van der Waals surface area contributed by atoms with Crippen LogP contribution in [0.15, 0.2) is 47.3 Å². The van der Waals surface area contributed by atoms with E-state index in [1.807, 2.05) is 13.0 Å². The highest BCUT2D eigenvalue weighted by atomic mass is 32.1. The van der Waals surface area contributed by atoms with E-state index in [1.54, 1.807) is 32.2 Å². The van der Waals surface area contributed by atoms with Gasteiger partial charge in [-0.1, -0.05) is 12.1 Å². The molecule has 9 heteroatoms. The highest BCUT2D eigenvalue weighted by Gasteiger charge is 2.12. The van der Waals surface area contributed by atoms with Crippen LogP contribution in [0.3, 0.4) is 0 Å². The summed E-state index contributed by atoms with van der Waals surface area (Å²) in [6.45, 7) is 3.38. The van der Waals surface area contributed by atoms with Crippen LogP contribution < -0.4 is 24.8 Å². The quantitative estimate of drug-likeness (QED) is 0.535. The number of rotatable bonds is 7. The van der Waals surface area contributed by atoms with E-state index in [9.17, 15) is 18.8 Å². The summed E-state index contributed by atoms with van der Waals surface area (Å²) in [7, 11) is 1.58. The molecule has 1 amide bonds. The molecule has 7 nitrogen and oxygen atoms in total. The number of thiazole rings is 1. The third-order valence-corrected chi connectivity index (χ3v) is 5.65. The van der Waals surface area contributed by atoms with Crippen LogP contribution in [0.5, 0.6) is 5.75 Å². The van der Waals surface area contributed by atoms with Gasteiger partial charge in [0.1, 0.15) is 22.8 Å². The second-order valence-electron chi connectivity index (χ2n) is 7.02. The molecule has 0 unspecified atom stereocenters. The molecule has 1 heterocycles. The molecule has 0 spiro atoms. The van der Waals surface area contributed by atoms with Gasteiger partial charge in [0.15, 0.2) is 0 Å². The lowest BCUT2D eigenvalue weighted by Crippen LogP contribution is -2.36. The summed E-state index contributed by atoms with van der Waals surface area (Å²) in [5.41, 5.74) is 1.50. The molecule has 3 rings (SSSR count). The Morgan fingerprint density at radius 1 is 1.21 bits per heavy atom. The van der Waals surface area contributed by atoms with Gasteiger partial charge in [-0.3, -0.25) is 14.2 Å². The molecule has 0 aliphatic heterocycles. The maximum Gasteiger partial charge on any atom is 0.333 e. The maximum atomic E-state index is 13.4. The Labute approximate surface area is 193 Å². The molecule has 1 N–H and O–H groups in total. The fourth-order valence-electron chi connectivity index (χ4n) is 3.13. The van der Waals surface area contributed by atoms with Crippen LogP contribution in [0.4, 0.5) is 10.1 Å². The lowest BCUT2D eigenvalue weighted by Gasteiger charge is -2.06. The fraction of sp³-hybridized carbons (Fsp3) is 0.208. The van der Waals surface area contributed by atoms with Crippen LogP contribution in [0, 0.1) is 12.7 Å². The number of hydrogen-bond donors (Lipinski definition) is 1. The topological polar surface area (TPSA) is 86.6 Å². The van der Waals surface area contributed by atoms with E-state index in [4.69, 9.17) is 9.47 Å². The third kappa shape index (κ3) is 6.17. The Morgan fingerprint density at radius 2 is 2.00 bits per heavy atom. The molecule has 0 atom stereocenters. The van der Waals surface area contributed by atoms with Gasteiger partial charge in [0.2, 0.25) is 5.91 Å². The number of nitrogens with zero attached hydrogens (tertiary/aromatic N) is 1. The first-order valence-electron chi connectivity index (χ1n) is 10.1. The van der Waals surface area contributed by atoms with Gasteiger partial charge in [0, 0.05) is 5.69 Å². The van der Waals surface area contributed by atoms with Crippen LogP contribution >= 0.6 is 11.3 Å². The summed E-state index contributed by atoms with van der Waals surface area (Å²) >= 11 is 1.07. The number of methoxy groups -OCH3 is 1. The molecular weight excluding hydrogens is 447 g/mol. The van der Waals surface area contributed by atoms with E-state index in [0.29, 0.717) is 4.53 Å². The van der Waals surface area contributed by atoms with E-state index in [0.717, 1.165) is 28.2 Å². The lowest BCUT2D eigenvalue weighted by molar-refractivity contribution is -0.135. The monoisotopic (exact) mass is 470 g/mol. The minimum absolute atomic E-state index is 0.176. The van der Waals surface area contributed by atoms with Crippen molar-refractivity contribution >= 4 is 41.1 Å². The van der Waals surface area contributed by atoms with Crippen LogP contribution in [0.1, 0.15) is 18.1 Å². The zero-order valence-electron chi connectivity index (χ0n) is 18.4. The smallest absolute Gasteiger partial charge is 0.333 e. The van der Waals surface area contributed by atoms with Crippen molar-refractivity contribution in [2.24, 2.45) is 0 Å². The highest BCUT2D eigenvalue weighted by Crippen LogP contribution is 2.18. The van der Waals surface area contributed by atoms with Crippen molar-refractivity contribution in [1.82, 2.24) is 4.57 Å². The van der Waals surface area contributed by atoms with E-state index in [-0.39, 0.29) is 23.5 Å². The number of anilines is 1. The Hall–Kier alpha value is -3.72. The van der Waals surface area contributed by atoms with Crippen molar-refractivity contribution in [3.63, 3.8) is 0 Å². The van der Waals surface area contributed by atoms with Gasteiger partial charge in [-0.25, -0.2) is 9.18 Å². The van der Waals surface area contributed by atoms with Crippen LogP contribution in [0.25, 0.3) is 12.2 Å². The van der Waals surface area contributed by atoms with Crippen molar-refractivity contribution in [2.45, 2.75) is 20.4 Å². The Kier molecular flexibility index (Phi) is 7.78. The molecule has 0 fully saturated rings. The first-order chi connectivity index (χ1) is 15.8. The van der Waals surface area contributed by atoms with Gasteiger partial charge in [-0.2, -0.15) is 0 Å². The molecule has 0 aliphatic rings. The van der Waals surface area contributed by atoms with Gasteiger partial charge in [-0.15, -0.1) is 11.3 Å². The molecule has 33 heavy (non-hydrogen) atoms. The number of nitrogens with one attached hydrogen (secondary N) is 1. The molecule has 1 aromatic heterocycles. The molecule has 0 bridgehead atoms. The van der Waals surface area contributed by atoms with E-state index in [2.05, 4.69) is 5.32 Å². The zero-order chi connectivity index (χ0) is 24.0. The molecule has 0 aliphatic carbocycles. The first-order valence-corrected chi connectivity index (χ1v) is 10.9. The number of hydrogen-bond acceptors (Lipinski definition) is 6. The van der Waals surface area contributed by atoms with E-state index >= 15 is 0 Å². The van der Waals surface area contributed by atoms with Gasteiger partial charge >= 0.3 is 5.97 Å². The molecular formula is C24H23FN2O5S. The summed E-state index contributed by atoms with van der Waals surface area (Å²) in [5.74, 6) is -0.930. The average molecular weight is 471 g/mol. The summed E-state index contributed by atoms with van der Waals surface area (Å²) in [6.07, 6.45) is 2.87. The molecule has 0 saturated heterocycles. The number of amides is 1. The van der Waals surface area contributed by atoms with Crippen molar-refractivity contribution < 1.29 is 23.5 Å². The first kappa shape index (κ1) is 23.9. The number of esters is 1. The van der Waals surface area contributed by atoms with E-state index < -0.39 is 23.3 Å². The summed E-state index contributed by atoms with van der Waals surface area (Å²) in [5, 5.41) is 2.56. The maximum absolute atomic E-state index is 13.4. The van der Waals surface area contributed by atoms with Crippen LogP contribution in [-0.4, -0.2) is 30.2 Å². The predicted molar refractivity (Wildman–Crippen MR) is 125 cm³/mol. The Balaban J connectivity index is 2.01. The molecule has 2 aromatic carbocycles. The summed E-state index contributed by atoms with van der Waals surface area (Å²) in [4.78, 5) is 37.7. The third-order valence-electron chi connectivity index (χ3n) is 4.59. The Bertz CT molecular complexity index is 1360. The van der Waals surface area contributed by atoms with Gasteiger partial charge in [0.05, 0.1) is 24.3 Å². The van der Waals surface area contributed by atoms with Gasteiger partial charge in [0.25, 0.3) is 5.56 Å². The fourth-order valence-corrected chi connectivity index (χ4v) is 4.16. The second kappa shape index (κ2) is 10.7. The summed E-state index contributed by atoms with van der Waals surface area (Å²) in [6, 6.07) is 10.9. The second-order valence-corrected chi connectivity index (χ2v) is 8.09. The number of carbonyl (C=O) groups is 2. The van der Waals surface area contributed by atoms with Gasteiger partial charge in [-0.05, 0) is 61.4 Å². The molecule has 172 valence electrons. The number of carbonyl (C=O) groups excluding carboxylic acids is 2. The molecule has 0 radical (unpaired) electrons. The van der Waals surface area contributed by atoms with Crippen molar-refractivity contribution in [3.8, 4) is 5.75 Å². The van der Waals surface area contributed by atoms with Crippen molar-refractivity contribution in [1.29, 1.82) is 0 Å². The largest absolute Gasteiger partial charge is 0.496 e. The van der Waals surface area contributed by atoms with E-state index in [1.165, 1.54) is 34.9 Å². The number of aromatic nitrogens is 1. The number of halogens is 1. The van der Waals surface area contributed by atoms with Gasteiger partial charge < -0.3 is 14.8 Å². The SMILES string of the molecule is CCOC(=O)/C=c1\s/c(=C\c2ccc(OC)c(C)c2)c(=O)n1CC(=O)Nc1cccc(F)c1. The number of benzene rings is 2.